The van der Waals surface area contributed by atoms with Gasteiger partial charge in [-0.2, -0.15) is 0 Å². The van der Waals surface area contributed by atoms with E-state index in [1.54, 1.807) is 0 Å². The van der Waals surface area contributed by atoms with Crippen LogP contribution >= 0.6 is 0 Å². The lowest BCUT2D eigenvalue weighted by molar-refractivity contribution is -0.126. The molecular formula is C16H21N3O3. The van der Waals surface area contributed by atoms with Gasteiger partial charge in [0.2, 0.25) is 11.8 Å². The van der Waals surface area contributed by atoms with Crippen LogP contribution in [0.1, 0.15) is 13.3 Å². The Morgan fingerprint density at radius 2 is 2.05 bits per heavy atom. The maximum absolute atomic E-state index is 12.6. The Morgan fingerprint density at radius 3 is 2.73 bits per heavy atom. The first-order chi connectivity index (χ1) is 10.6. The second kappa shape index (κ2) is 5.96. The average molecular weight is 303 g/mol. The van der Waals surface area contributed by atoms with E-state index in [0.717, 1.165) is 24.5 Å². The second-order valence-corrected chi connectivity index (χ2v) is 6.08. The normalized spacial score (nSPS) is 25.0. The van der Waals surface area contributed by atoms with E-state index in [1.807, 2.05) is 31.2 Å². The molecule has 1 atom stereocenters. The molecular weight excluding hydrogens is 282 g/mol. The lowest BCUT2D eigenvalue weighted by Gasteiger charge is -2.31. The van der Waals surface area contributed by atoms with Gasteiger partial charge in [0.05, 0.1) is 30.0 Å². The third kappa shape index (κ3) is 2.92. The van der Waals surface area contributed by atoms with Crippen molar-refractivity contribution in [1.82, 2.24) is 5.32 Å². The quantitative estimate of drug-likeness (QED) is 0.873. The highest BCUT2D eigenvalue weighted by atomic mass is 16.5. The summed E-state index contributed by atoms with van der Waals surface area (Å²) in [5, 5.41) is 5.73. The zero-order valence-electron chi connectivity index (χ0n) is 12.7. The van der Waals surface area contributed by atoms with E-state index >= 15 is 0 Å². The summed E-state index contributed by atoms with van der Waals surface area (Å²) in [5.41, 5.74) is 1.10. The number of morpholine rings is 1. The van der Waals surface area contributed by atoms with E-state index in [-0.39, 0.29) is 18.2 Å². The summed E-state index contributed by atoms with van der Waals surface area (Å²) in [6.07, 6.45) is 0.235. The van der Waals surface area contributed by atoms with Gasteiger partial charge in [-0.25, -0.2) is 0 Å². The summed E-state index contributed by atoms with van der Waals surface area (Å²) < 4.78 is 5.38. The zero-order chi connectivity index (χ0) is 15.6. The minimum Gasteiger partial charge on any atom is -0.378 e. The van der Waals surface area contributed by atoms with E-state index in [2.05, 4.69) is 15.5 Å². The Morgan fingerprint density at radius 1 is 1.32 bits per heavy atom. The van der Waals surface area contributed by atoms with Crippen LogP contribution in [0.4, 0.5) is 11.4 Å². The number of benzene rings is 1. The molecule has 0 aromatic heterocycles. The van der Waals surface area contributed by atoms with Crippen LogP contribution in [0.15, 0.2) is 24.3 Å². The number of rotatable bonds is 3. The first kappa shape index (κ1) is 14.8. The third-order valence-corrected chi connectivity index (χ3v) is 4.28. The zero-order valence-corrected chi connectivity index (χ0v) is 12.7. The number of nitrogens with zero attached hydrogens (tertiary/aromatic N) is 1. The predicted octanol–water partition coefficient (Wildman–Crippen LogP) is 0.988. The van der Waals surface area contributed by atoms with Gasteiger partial charge >= 0.3 is 0 Å². The molecule has 0 bridgehead atoms. The van der Waals surface area contributed by atoms with Crippen molar-refractivity contribution in [2.45, 2.75) is 13.3 Å². The van der Waals surface area contributed by atoms with E-state index < -0.39 is 5.41 Å². The summed E-state index contributed by atoms with van der Waals surface area (Å²) in [4.78, 5) is 26.2. The molecule has 2 aliphatic heterocycles. The van der Waals surface area contributed by atoms with Gasteiger partial charge in [0.15, 0.2) is 0 Å². The lowest BCUT2D eigenvalue weighted by Crippen LogP contribution is -2.38. The Bertz CT molecular complexity index is 584. The molecule has 0 spiro atoms. The number of carbonyl (C=O) groups excluding carboxylic acids is 2. The molecule has 0 saturated carbocycles. The molecule has 1 unspecified atom stereocenters. The molecule has 0 radical (unpaired) electrons. The minimum atomic E-state index is -0.685. The van der Waals surface area contributed by atoms with E-state index in [4.69, 9.17) is 4.74 Å². The third-order valence-electron chi connectivity index (χ3n) is 4.28. The van der Waals surface area contributed by atoms with Crippen LogP contribution in [0.25, 0.3) is 0 Å². The van der Waals surface area contributed by atoms with Gasteiger partial charge < -0.3 is 20.3 Å². The molecule has 2 amide bonds. The summed E-state index contributed by atoms with van der Waals surface area (Å²) >= 11 is 0. The molecule has 2 N–H and O–H groups in total. The Labute approximate surface area is 129 Å². The molecule has 0 aliphatic carbocycles. The fourth-order valence-corrected chi connectivity index (χ4v) is 2.87. The smallest absolute Gasteiger partial charge is 0.232 e. The Hall–Kier alpha value is -2.08. The predicted molar refractivity (Wildman–Crippen MR) is 83.8 cm³/mol. The lowest BCUT2D eigenvalue weighted by atomic mass is 9.88. The molecule has 6 nitrogen and oxygen atoms in total. The molecule has 22 heavy (non-hydrogen) atoms. The van der Waals surface area contributed by atoms with Crippen molar-refractivity contribution in [3.05, 3.63) is 24.3 Å². The van der Waals surface area contributed by atoms with Crippen molar-refractivity contribution < 1.29 is 14.3 Å². The van der Waals surface area contributed by atoms with Crippen LogP contribution in [0.3, 0.4) is 0 Å². The van der Waals surface area contributed by atoms with Crippen LogP contribution in [0, 0.1) is 5.41 Å². The standard InChI is InChI=1S/C16H21N3O3/c1-16(10-14(20)17-11-16)15(21)18-12-4-2-3-5-13(12)19-6-8-22-9-7-19/h2-5H,6-11H2,1H3,(H,17,20)(H,18,21). The number of ether oxygens (including phenoxy) is 1. The van der Waals surface area contributed by atoms with Gasteiger partial charge in [-0.3, -0.25) is 9.59 Å². The topological polar surface area (TPSA) is 70.7 Å². The van der Waals surface area contributed by atoms with E-state index in [1.165, 1.54) is 0 Å². The van der Waals surface area contributed by atoms with Gasteiger partial charge in [0.1, 0.15) is 0 Å². The first-order valence-corrected chi connectivity index (χ1v) is 7.58. The number of para-hydroxylation sites is 2. The Balaban J connectivity index is 1.77. The monoisotopic (exact) mass is 303 g/mol. The maximum atomic E-state index is 12.6. The fraction of sp³-hybridized carbons (Fsp3) is 0.500. The number of amides is 2. The highest BCUT2D eigenvalue weighted by Crippen LogP contribution is 2.31. The second-order valence-electron chi connectivity index (χ2n) is 6.08. The van der Waals surface area contributed by atoms with Crippen molar-refractivity contribution in [1.29, 1.82) is 0 Å². The molecule has 1 aromatic rings. The van der Waals surface area contributed by atoms with Crippen LogP contribution in [-0.2, 0) is 14.3 Å². The highest BCUT2D eigenvalue weighted by molar-refractivity contribution is 6.01. The fourth-order valence-electron chi connectivity index (χ4n) is 2.87. The molecule has 2 fully saturated rings. The number of nitrogens with one attached hydrogen (secondary N) is 2. The SMILES string of the molecule is CC1(C(=O)Nc2ccccc2N2CCOCC2)CNC(=O)C1. The molecule has 118 valence electrons. The van der Waals surface area contributed by atoms with Crippen molar-refractivity contribution in [2.24, 2.45) is 5.41 Å². The van der Waals surface area contributed by atoms with Gasteiger partial charge in [-0.15, -0.1) is 0 Å². The largest absolute Gasteiger partial charge is 0.378 e. The van der Waals surface area contributed by atoms with Crippen molar-refractivity contribution in [3.63, 3.8) is 0 Å². The maximum Gasteiger partial charge on any atom is 0.232 e. The van der Waals surface area contributed by atoms with E-state index in [0.29, 0.717) is 19.8 Å². The summed E-state index contributed by atoms with van der Waals surface area (Å²) in [6, 6.07) is 7.76. The molecule has 6 heteroatoms. The molecule has 2 saturated heterocycles. The van der Waals surface area contributed by atoms with Gasteiger partial charge in [-0.1, -0.05) is 12.1 Å². The first-order valence-electron chi connectivity index (χ1n) is 7.58. The van der Waals surface area contributed by atoms with E-state index in [9.17, 15) is 9.59 Å². The van der Waals surface area contributed by atoms with Crippen molar-refractivity contribution in [3.8, 4) is 0 Å². The van der Waals surface area contributed by atoms with Crippen molar-refractivity contribution in [2.75, 3.05) is 43.1 Å². The highest BCUT2D eigenvalue weighted by Gasteiger charge is 2.41. The van der Waals surface area contributed by atoms with Crippen LogP contribution in [0.2, 0.25) is 0 Å². The average Bonchev–Trinajstić information content (AvgIpc) is 2.89. The van der Waals surface area contributed by atoms with Gasteiger partial charge in [0.25, 0.3) is 0 Å². The van der Waals surface area contributed by atoms with Crippen LogP contribution in [-0.4, -0.2) is 44.7 Å². The molecule has 2 aliphatic rings. The van der Waals surface area contributed by atoms with Crippen molar-refractivity contribution >= 4 is 23.2 Å². The minimum absolute atomic E-state index is 0.0703. The number of anilines is 2. The molecule has 3 rings (SSSR count). The molecule has 1 aromatic carbocycles. The molecule has 2 heterocycles. The number of hydrogen-bond acceptors (Lipinski definition) is 4. The summed E-state index contributed by atoms with van der Waals surface area (Å²) in [5.74, 6) is -0.189. The summed E-state index contributed by atoms with van der Waals surface area (Å²) in [6.45, 7) is 5.21. The number of carbonyl (C=O) groups is 2. The Kier molecular flexibility index (Phi) is 4.02. The van der Waals surface area contributed by atoms with Gasteiger partial charge in [-0.05, 0) is 19.1 Å². The van der Waals surface area contributed by atoms with Crippen LogP contribution in [0.5, 0.6) is 0 Å². The summed E-state index contributed by atoms with van der Waals surface area (Å²) in [7, 11) is 0. The van der Waals surface area contributed by atoms with Crippen LogP contribution < -0.4 is 15.5 Å². The van der Waals surface area contributed by atoms with Gasteiger partial charge in [0, 0.05) is 26.1 Å². The number of hydrogen-bond donors (Lipinski definition) is 2.